The van der Waals surface area contributed by atoms with E-state index in [1.54, 1.807) is 13.0 Å². The molecule has 2 heteroatoms. The quantitative estimate of drug-likeness (QED) is 0.625. The lowest BCUT2D eigenvalue weighted by molar-refractivity contribution is 0.310. The van der Waals surface area contributed by atoms with Crippen LogP contribution in [-0.4, -0.2) is 18.0 Å². The van der Waals surface area contributed by atoms with E-state index in [1.807, 2.05) is 13.0 Å². The summed E-state index contributed by atoms with van der Waals surface area (Å²) in [6.45, 7) is 11.5. The SMILES string of the molecule is CCCC(C)(C)CCN=C(C)/C=C\C(C)=N. The van der Waals surface area contributed by atoms with Crippen molar-refractivity contribution in [3.63, 3.8) is 0 Å². The first-order valence-corrected chi connectivity index (χ1v) is 6.11. The van der Waals surface area contributed by atoms with Gasteiger partial charge in [0.15, 0.2) is 0 Å². The van der Waals surface area contributed by atoms with Crippen molar-refractivity contribution in [1.29, 1.82) is 5.41 Å². The van der Waals surface area contributed by atoms with Gasteiger partial charge in [-0.15, -0.1) is 0 Å². The first-order chi connectivity index (χ1) is 7.37. The molecule has 0 unspecified atom stereocenters. The van der Waals surface area contributed by atoms with Crippen molar-refractivity contribution in [3.05, 3.63) is 12.2 Å². The van der Waals surface area contributed by atoms with Crippen molar-refractivity contribution in [2.75, 3.05) is 6.54 Å². The number of nitrogens with one attached hydrogen (secondary N) is 1. The van der Waals surface area contributed by atoms with Crippen molar-refractivity contribution >= 4 is 11.4 Å². The number of rotatable bonds is 7. The maximum atomic E-state index is 7.28. The molecule has 0 aliphatic carbocycles. The minimum atomic E-state index is 0.402. The van der Waals surface area contributed by atoms with Gasteiger partial charge in [0.2, 0.25) is 0 Å². The Morgan fingerprint density at radius 3 is 2.31 bits per heavy atom. The van der Waals surface area contributed by atoms with Crippen molar-refractivity contribution in [2.45, 2.75) is 53.9 Å². The Morgan fingerprint density at radius 2 is 1.81 bits per heavy atom. The van der Waals surface area contributed by atoms with E-state index in [9.17, 15) is 0 Å². The largest absolute Gasteiger partial charge is 0.306 e. The van der Waals surface area contributed by atoms with E-state index in [0.717, 1.165) is 18.7 Å². The standard InChI is InChI=1S/C14H26N2/c1-6-9-14(4,5)10-11-16-13(3)8-7-12(2)15/h7-8,15H,6,9-11H2,1-5H3/b8-7-,15-12?,16-13?. The summed E-state index contributed by atoms with van der Waals surface area (Å²) in [5.74, 6) is 0. The van der Waals surface area contributed by atoms with Gasteiger partial charge in [-0.25, -0.2) is 0 Å². The maximum absolute atomic E-state index is 7.28. The molecule has 16 heavy (non-hydrogen) atoms. The van der Waals surface area contributed by atoms with Crippen LogP contribution in [0.25, 0.3) is 0 Å². The van der Waals surface area contributed by atoms with Gasteiger partial charge in [-0.3, -0.25) is 4.99 Å². The van der Waals surface area contributed by atoms with E-state index in [0.29, 0.717) is 11.1 Å². The van der Waals surface area contributed by atoms with Crippen LogP contribution in [-0.2, 0) is 0 Å². The van der Waals surface area contributed by atoms with Crippen molar-refractivity contribution in [1.82, 2.24) is 0 Å². The molecule has 0 heterocycles. The fraction of sp³-hybridized carbons (Fsp3) is 0.714. The van der Waals surface area contributed by atoms with Gasteiger partial charge in [0, 0.05) is 18.0 Å². The molecular formula is C14H26N2. The summed E-state index contributed by atoms with van der Waals surface area (Å²) >= 11 is 0. The van der Waals surface area contributed by atoms with Crippen LogP contribution in [0.15, 0.2) is 17.1 Å². The third kappa shape index (κ3) is 8.39. The van der Waals surface area contributed by atoms with Gasteiger partial charge in [0.05, 0.1) is 0 Å². The van der Waals surface area contributed by atoms with Crippen LogP contribution in [0.5, 0.6) is 0 Å². The third-order valence-corrected chi connectivity index (χ3v) is 2.65. The second-order valence-electron chi connectivity index (χ2n) is 5.20. The van der Waals surface area contributed by atoms with Crippen LogP contribution in [0, 0.1) is 10.8 Å². The highest BCUT2D eigenvalue weighted by atomic mass is 14.7. The monoisotopic (exact) mass is 222 g/mol. The number of nitrogens with zero attached hydrogens (tertiary/aromatic N) is 1. The molecule has 0 aromatic carbocycles. The van der Waals surface area contributed by atoms with Gasteiger partial charge in [0.1, 0.15) is 0 Å². The summed E-state index contributed by atoms with van der Waals surface area (Å²) < 4.78 is 0. The Kier molecular flexibility index (Phi) is 6.95. The molecule has 0 bridgehead atoms. The topological polar surface area (TPSA) is 36.2 Å². The van der Waals surface area contributed by atoms with Crippen LogP contribution in [0.3, 0.4) is 0 Å². The lowest BCUT2D eigenvalue weighted by Crippen LogP contribution is -2.12. The maximum Gasteiger partial charge on any atom is 0.0397 e. The first kappa shape index (κ1) is 15.1. The zero-order chi connectivity index (χ0) is 12.6. The van der Waals surface area contributed by atoms with Crippen LogP contribution >= 0.6 is 0 Å². The molecule has 0 aromatic heterocycles. The second kappa shape index (κ2) is 7.37. The fourth-order valence-electron chi connectivity index (χ4n) is 1.64. The second-order valence-corrected chi connectivity index (χ2v) is 5.20. The van der Waals surface area contributed by atoms with Crippen molar-refractivity contribution in [3.8, 4) is 0 Å². The smallest absolute Gasteiger partial charge is 0.0397 e. The number of allylic oxidation sites excluding steroid dienone is 2. The van der Waals surface area contributed by atoms with E-state index in [1.165, 1.54) is 12.8 Å². The van der Waals surface area contributed by atoms with E-state index in [2.05, 4.69) is 25.8 Å². The highest BCUT2D eigenvalue weighted by Crippen LogP contribution is 2.26. The van der Waals surface area contributed by atoms with E-state index in [4.69, 9.17) is 5.41 Å². The predicted molar refractivity (Wildman–Crippen MR) is 73.8 cm³/mol. The first-order valence-electron chi connectivity index (χ1n) is 6.11. The van der Waals surface area contributed by atoms with Crippen LogP contribution in [0.2, 0.25) is 0 Å². The molecule has 0 saturated heterocycles. The summed E-state index contributed by atoms with van der Waals surface area (Å²) in [6, 6.07) is 0. The summed E-state index contributed by atoms with van der Waals surface area (Å²) in [4.78, 5) is 4.50. The minimum absolute atomic E-state index is 0.402. The molecule has 0 saturated carbocycles. The Morgan fingerprint density at radius 1 is 1.19 bits per heavy atom. The Bertz CT molecular complexity index is 272. The fourth-order valence-corrected chi connectivity index (χ4v) is 1.64. The number of aliphatic imine (C=N–C) groups is 1. The Balaban J connectivity index is 4.04. The summed E-state index contributed by atoms with van der Waals surface area (Å²) in [6.07, 6.45) is 7.33. The zero-order valence-corrected chi connectivity index (χ0v) is 11.4. The van der Waals surface area contributed by atoms with Gasteiger partial charge < -0.3 is 5.41 Å². The van der Waals surface area contributed by atoms with E-state index < -0.39 is 0 Å². The molecule has 0 fully saturated rings. The molecule has 0 radical (unpaired) electrons. The lowest BCUT2D eigenvalue weighted by Gasteiger charge is -2.22. The molecule has 2 nitrogen and oxygen atoms in total. The summed E-state index contributed by atoms with van der Waals surface area (Å²) in [5, 5.41) is 7.28. The summed E-state index contributed by atoms with van der Waals surface area (Å²) in [5.41, 5.74) is 1.99. The predicted octanol–water partition coefficient (Wildman–Crippen LogP) is 4.26. The van der Waals surface area contributed by atoms with E-state index in [-0.39, 0.29) is 0 Å². The Labute approximate surface area is 100 Å². The molecule has 1 N–H and O–H groups in total. The van der Waals surface area contributed by atoms with Crippen molar-refractivity contribution < 1.29 is 0 Å². The van der Waals surface area contributed by atoms with Crippen LogP contribution in [0.4, 0.5) is 0 Å². The van der Waals surface area contributed by atoms with Gasteiger partial charge in [-0.1, -0.05) is 27.2 Å². The van der Waals surface area contributed by atoms with Crippen molar-refractivity contribution in [2.24, 2.45) is 10.4 Å². The Hall–Kier alpha value is -0.920. The molecule has 0 rings (SSSR count). The van der Waals surface area contributed by atoms with E-state index >= 15 is 0 Å². The molecule has 0 aliphatic rings. The molecule has 92 valence electrons. The average Bonchev–Trinajstić information content (AvgIpc) is 2.14. The number of hydrogen-bond acceptors (Lipinski definition) is 2. The third-order valence-electron chi connectivity index (χ3n) is 2.65. The van der Waals surface area contributed by atoms with Gasteiger partial charge in [0.25, 0.3) is 0 Å². The highest BCUT2D eigenvalue weighted by molar-refractivity contribution is 6.00. The van der Waals surface area contributed by atoms with Gasteiger partial charge in [-0.2, -0.15) is 0 Å². The van der Waals surface area contributed by atoms with Crippen LogP contribution in [0.1, 0.15) is 53.9 Å². The molecule has 0 aromatic rings. The molecule has 0 aliphatic heterocycles. The van der Waals surface area contributed by atoms with Gasteiger partial charge >= 0.3 is 0 Å². The molecular weight excluding hydrogens is 196 g/mol. The average molecular weight is 222 g/mol. The molecule has 0 amide bonds. The zero-order valence-electron chi connectivity index (χ0n) is 11.4. The highest BCUT2D eigenvalue weighted by Gasteiger charge is 2.15. The molecule has 0 spiro atoms. The van der Waals surface area contributed by atoms with Crippen LogP contribution < -0.4 is 0 Å². The lowest BCUT2D eigenvalue weighted by atomic mass is 9.85. The normalized spacial score (nSPS) is 13.4. The van der Waals surface area contributed by atoms with Gasteiger partial charge in [-0.05, 0) is 44.3 Å². The minimum Gasteiger partial charge on any atom is -0.306 e. The summed E-state index contributed by atoms with van der Waals surface area (Å²) in [7, 11) is 0. The number of hydrogen-bond donors (Lipinski definition) is 1. The molecule has 0 atom stereocenters.